The number of aromatic amines is 1. The van der Waals surface area contributed by atoms with Gasteiger partial charge in [0.25, 0.3) is 0 Å². The predicted octanol–water partition coefficient (Wildman–Crippen LogP) is 0.443. The van der Waals surface area contributed by atoms with Crippen LogP contribution in [0.4, 0.5) is 0 Å². The van der Waals surface area contributed by atoms with Crippen LogP contribution in [0, 0.1) is 13.8 Å². The highest BCUT2D eigenvalue weighted by atomic mass is 16.4. The van der Waals surface area contributed by atoms with Gasteiger partial charge in [0.2, 0.25) is 5.91 Å². The number of aromatic nitrogens is 2. The molecule has 0 spiro atoms. The molecule has 0 atom stereocenters. The maximum Gasteiger partial charge on any atom is 0.345 e. The fourth-order valence-electron chi connectivity index (χ4n) is 2.75. The molecule has 1 aliphatic rings. The van der Waals surface area contributed by atoms with Crippen LogP contribution in [0.5, 0.6) is 0 Å². The van der Waals surface area contributed by atoms with E-state index in [2.05, 4.69) is 15.3 Å². The van der Waals surface area contributed by atoms with Crippen molar-refractivity contribution in [1.82, 2.24) is 15.3 Å². The fourth-order valence-corrected chi connectivity index (χ4v) is 2.75. The number of carboxylic acids is 1. The number of hydrogen-bond acceptors (Lipinski definition) is 4. The maximum atomic E-state index is 12.2. The standard InChI is InChI=1S/C14H19N3O4/c1-8-10(9(2)16-13(21)15-8)6-11(18)17-14(4-3-5-14)7-12(19)20/h3-7H2,1-2H3,(H,17,18)(H,19,20)(H,15,16,21). The summed E-state index contributed by atoms with van der Waals surface area (Å²) in [7, 11) is 0. The molecule has 0 aliphatic heterocycles. The molecule has 1 saturated carbocycles. The zero-order valence-electron chi connectivity index (χ0n) is 12.2. The first-order valence-electron chi connectivity index (χ1n) is 6.90. The molecule has 0 unspecified atom stereocenters. The Labute approximate surface area is 121 Å². The molecule has 1 aliphatic carbocycles. The summed E-state index contributed by atoms with van der Waals surface area (Å²) in [4.78, 5) is 40.6. The Bertz CT molecular complexity index is 605. The first-order chi connectivity index (χ1) is 9.81. The van der Waals surface area contributed by atoms with Gasteiger partial charge in [0.1, 0.15) is 0 Å². The second-order valence-corrected chi connectivity index (χ2v) is 5.66. The highest BCUT2D eigenvalue weighted by Crippen LogP contribution is 2.35. The number of carboxylic acid groups (broad SMARTS) is 1. The van der Waals surface area contributed by atoms with Gasteiger partial charge in [-0.15, -0.1) is 0 Å². The average Bonchev–Trinajstić information content (AvgIpc) is 2.30. The topological polar surface area (TPSA) is 112 Å². The van der Waals surface area contributed by atoms with Gasteiger partial charge in [-0.2, -0.15) is 4.98 Å². The number of H-pyrrole nitrogens is 1. The molecule has 21 heavy (non-hydrogen) atoms. The van der Waals surface area contributed by atoms with Crippen molar-refractivity contribution in [2.24, 2.45) is 0 Å². The van der Waals surface area contributed by atoms with Gasteiger partial charge < -0.3 is 15.4 Å². The Morgan fingerprint density at radius 3 is 2.52 bits per heavy atom. The third-order valence-corrected chi connectivity index (χ3v) is 4.00. The summed E-state index contributed by atoms with van der Waals surface area (Å²) in [5, 5.41) is 11.8. The molecule has 1 fully saturated rings. The first-order valence-corrected chi connectivity index (χ1v) is 6.90. The van der Waals surface area contributed by atoms with E-state index in [0.29, 0.717) is 29.8 Å². The molecule has 1 heterocycles. The Morgan fingerprint density at radius 2 is 2.05 bits per heavy atom. The van der Waals surface area contributed by atoms with Crippen molar-refractivity contribution in [3.8, 4) is 0 Å². The van der Waals surface area contributed by atoms with Gasteiger partial charge in [0, 0.05) is 17.0 Å². The summed E-state index contributed by atoms with van der Waals surface area (Å²) in [6, 6.07) is 0. The number of rotatable bonds is 5. The second kappa shape index (κ2) is 5.67. The van der Waals surface area contributed by atoms with Crippen molar-refractivity contribution in [3.05, 3.63) is 27.4 Å². The molecular formula is C14H19N3O4. The number of nitrogens with zero attached hydrogens (tertiary/aromatic N) is 1. The number of nitrogens with one attached hydrogen (secondary N) is 2. The molecule has 114 valence electrons. The fraction of sp³-hybridized carbons (Fsp3) is 0.571. The van der Waals surface area contributed by atoms with E-state index >= 15 is 0 Å². The van der Waals surface area contributed by atoms with Crippen molar-refractivity contribution in [2.75, 3.05) is 0 Å². The lowest BCUT2D eigenvalue weighted by atomic mass is 9.74. The zero-order chi connectivity index (χ0) is 15.6. The van der Waals surface area contributed by atoms with Crippen LogP contribution in [0.25, 0.3) is 0 Å². The van der Waals surface area contributed by atoms with Crippen LogP contribution < -0.4 is 11.0 Å². The molecule has 0 radical (unpaired) electrons. The lowest BCUT2D eigenvalue weighted by Crippen LogP contribution is -2.55. The lowest BCUT2D eigenvalue weighted by molar-refractivity contribution is -0.140. The van der Waals surface area contributed by atoms with Crippen molar-refractivity contribution in [1.29, 1.82) is 0 Å². The van der Waals surface area contributed by atoms with E-state index in [1.807, 2.05) is 0 Å². The predicted molar refractivity (Wildman–Crippen MR) is 75.0 cm³/mol. The van der Waals surface area contributed by atoms with Crippen LogP contribution >= 0.6 is 0 Å². The van der Waals surface area contributed by atoms with Gasteiger partial charge >= 0.3 is 11.7 Å². The quantitative estimate of drug-likeness (QED) is 0.729. The number of carbonyl (C=O) groups excluding carboxylic acids is 1. The normalized spacial score (nSPS) is 16.1. The molecule has 0 aromatic carbocycles. The largest absolute Gasteiger partial charge is 0.481 e. The van der Waals surface area contributed by atoms with Gasteiger partial charge in [-0.25, -0.2) is 4.79 Å². The third-order valence-electron chi connectivity index (χ3n) is 4.00. The molecular weight excluding hydrogens is 274 g/mol. The number of amides is 1. The Morgan fingerprint density at radius 1 is 1.38 bits per heavy atom. The SMILES string of the molecule is Cc1nc(=O)[nH]c(C)c1CC(=O)NC1(CC(=O)O)CCC1. The van der Waals surface area contributed by atoms with E-state index in [4.69, 9.17) is 5.11 Å². The molecule has 1 aromatic rings. The lowest BCUT2D eigenvalue weighted by Gasteiger charge is -2.41. The second-order valence-electron chi connectivity index (χ2n) is 5.66. The minimum Gasteiger partial charge on any atom is -0.481 e. The van der Waals surface area contributed by atoms with Crippen LogP contribution in [0.15, 0.2) is 4.79 Å². The third kappa shape index (κ3) is 3.48. The summed E-state index contributed by atoms with van der Waals surface area (Å²) in [5.74, 6) is -1.15. The van der Waals surface area contributed by atoms with Gasteiger partial charge in [0.15, 0.2) is 0 Å². The molecule has 7 nitrogen and oxygen atoms in total. The van der Waals surface area contributed by atoms with E-state index in [-0.39, 0.29) is 18.7 Å². The molecule has 7 heteroatoms. The highest BCUT2D eigenvalue weighted by molar-refractivity contribution is 5.81. The van der Waals surface area contributed by atoms with Crippen LogP contribution in [-0.2, 0) is 16.0 Å². The Kier molecular flexibility index (Phi) is 4.11. The molecule has 1 aromatic heterocycles. The summed E-state index contributed by atoms with van der Waals surface area (Å²) in [6.45, 7) is 3.40. The van der Waals surface area contributed by atoms with Crippen LogP contribution in [0.3, 0.4) is 0 Å². The Hall–Kier alpha value is -2.18. The van der Waals surface area contributed by atoms with Crippen molar-refractivity contribution >= 4 is 11.9 Å². The number of aliphatic carboxylic acids is 1. The van der Waals surface area contributed by atoms with E-state index in [9.17, 15) is 14.4 Å². The summed E-state index contributed by atoms with van der Waals surface area (Å²) in [5.41, 5.74) is 0.767. The minimum absolute atomic E-state index is 0.0550. The van der Waals surface area contributed by atoms with E-state index in [0.717, 1.165) is 6.42 Å². The molecule has 3 N–H and O–H groups in total. The number of hydrogen-bond donors (Lipinski definition) is 3. The van der Waals surface area contributed by atoms with E-state index < -0.39 is 17.2 Å². The average molecular weight is 293 g/mol. The van der Waals surface area contributed by atoms with Crippen molar-refractivity contribution in [2.45, 2.75) is 51.5 Å². The van der Waals surface area contributed by atoms with Crippen LogP contribution in [0.2, 0.25) is 0 Å². The molecule has 2 rings (SSSR count). The monoisotopic (exact) mass is 293 g/mol. The first kappa shape index (κ1) is 15.2. The minimum atomic E-state index is -0.909. The number of aryl methyl sites for hydroxylation is 2. The molecule has 1 amide bonds. The van der Waals surface area contributed by atoms with Gasteiger partial charge in [-0.3, -0.25) is 9.59 Å². The summed E-state index contributed by atoms with van der Waals surface area (Å²) < 4.78 is 0. The Balaban J connectivity index is 2.08. The van der Waals surface area contributed by atoms with Gasteiger partial charge in [0.05, 0.1) is 18.4 Å². The molecule has 0 bridgehead atoms. The maximum absolute atomic E-state index is 12.2. The van der Waals surface area contributed by atoms with E-state index in [1.54, 1.807) is 13.8 Å². The van der Waals surface area contributed by atoms with E-state index in [1.165, 1.54) is 0 Å². The van der Waals surface area contributed by atoms with Crippen molar-refractivity contribution < 1.29 is 14.7 Å². The van der Waals surface area contributed by atoms with Gasteiger partial charge in [-0.05, 0) is 33.1 Å². The number of carbonyl (C=O) groups is 2. The summed E-state index contributed by atoms with van der Waals surface area (Å²) in [6.07, 6.45) is 2.33. The van der Waals surface area contributed by atoms with Crippen LogP contribution in [-0.4, -0.2) is 32.5 Å². The highest BCUT2D eigenvalue weighted by Gasteiger charge is 2.40. The van der Waals surface area contributed by atoms with Gasteiger partial charge in [-0.1, -0.05) is 0 Å². The summed E-state index contributed by atoms with van der Waals surface area (Å²) >= 11 is 0. The van der Waals surface area contributed by atoms with Crippen molar-refractivity contribution in [3.63, 3.8) is 0 Å². The zero-order valence-corrected chi connectivity index (χ0v) is 12.2. The molecule has 0 saturated heterocycles. The van der Waals surface area contributed by atoms with Crippen LogP contribution in [0.1, 0.15) is 42.6 Å². The smallest absolute Gasteiger partial charge is 0.345 e.